The van der Waals surface area contributed by atoms with Gasteiger partial charge in [0, 0.05) is 30.4 Å². The number of rotatable bonds is 7. The molecule has 1 atom stereocenters. The summed E-state index contributed by atoms with van der Waals surface area (Å²) in [6, 6.07) is 5.73. The van der Waals surface area contributed by atoms with Crippen molar-refractivity contribution in [2.45, 2.75) is 38.7 Å². The Balaban J connectivity index is 1.39. The van der Waals surface area contributed by atoms with E-state index in [0.717, 1.165) is 18.9 Å². The first kappa shape index (κ1) is 26.3. The van der Waals surface area contributed by atoms with Crippen LogP contribution in [0.4, 0.5) is 24.7 Å². The minimum absolute atomic E-state index is 0.0396. The molecule has 0 spiro atoms. The van der Waals surface area contributed by atoms with Crippen LogP contribution in [0.1, 0.15) is 46.0 Å². The Labute approximate surface area is 231 Å². The number of nitrogens with one attached hydrogen (secondary N) is 1. The third-order valence-electron chi connectivity index (χ3n) is 7.26. The zero-order chi connectivity index (χ0) is 29.1. The van der Waals surface area contributed by atoms with Gasteiger partial charge in [-0.15, -0.1) is 18.3 Å². The first-order valence-electron chi connectivity index (χ1n) is 12.7. The molecule has 2 aliphatic rings. The molecule has 0 saturated heterocycles. The summed E-state index contributed by atoms with van der Waals surface area (Å²) in [6.07, 6.45) is 1.31. The van der Waals surface area contributed by atoms with E-state index in [0.29, 0.717) is 22.9 Å². The van der Waals surface area contributed by atoms with E-state index in [9.17, 15) is 22.8 Å². The van der Waals surface area contributed by atoms with Gasteiger partial charge in [-0.3, -0.25) is 14.6 Å². The normalized spacial score (nSPS) is 15.6. The molecule has 4 aromatic rings. The number of anilines is 2. The number of benzene rings is 1. The molecule has 14 heteroatoms. The fourth-order valence-electron chi connectivity index (χ4n) is 5.07. The van der Waals surface area contributed by atoms with Gasteiger partial charge in [-0.2, -0.15) is 0 Å². The maximum atomic E-state index is 13.4. The molecule has 1 aromatic carbocycles. The molecule has 1 saturated carbocycles. The van der Waals surface area contributed by atoms with Gasteiger partial charge < -0.3 is 25.4 Å². The first-order chi connectivity index (χ1) is 19.5. The summed E-state index contributed by atoms with van der Waals surface area (Å²) in [7, 11) is 1.46. The lowest BCUT2D eigenvalue weighted by Gasteiger charge is -2.24. The molecule has 3 aromatic heterocycles. The fourth-order valence-corrected chi connectivity index (χ4v) is 5.07. The molecule has 0 radical (unpaired) electrons. The highest BCUT2D eigenvalue weighted by Gasteiger charge is 2.42. The van der Waals surface area contributed by atoms with E-state index in [1.54, 1.807) is 17.0 Å². The van der Waals surface area contributed by atoms with Gasteiger partial charge in [0.2, 0.25) is 0 Å². The summed E-state index contributed by atoms with van der Waals surface area (Å²) < 4.78 is 50.9. The van der Waals surface area contributed by atoms with E-state index in [4.69, 9.17) is 10.5 Å². The van der Waals surface area contributed by atoms with Crippen LogP contribution in [0.15, 0.2) is 42.9 Å². The van der Waals surface area contributed by atoms with Gasteiger partial charge in [0.1, 0.15) is 17.1 Å². The number of alkyl halides is 3. The number of hydrogen-bond acceptors (Lipinski definition) is 8. The van der Waals surface area contributed by atoms with Gasteiger partial charge in [-0.1, -0.05) is 0 Å². The molecule has 1 aliphatic heterocycles. The molecule has 6 rings (SSSR count). The van der Waals surface area contributed by atoms with Gasteiger partial charge in [-0.05, 0) is 49.4 Å². The lowest BCUT2D eigenvalue weighted by molar-refractivity contribution is -0.274. The lowest BCUT2D eigenvalue weighted by atomic mass is 10.0. The second-order valence-corrected chi connectivity index (χ2v) is 9.98. The molecule has 11 nitrogen and oxygen atoms in total. The number of nitrogens with two attached hydrogens (primary N) is 1. The Hall–Kier alpha value is -4.88. The van der Waals surface area contributed by atoms with Crippen LogP contribution in [0.2, 0.25) is 0 Å². The maximum Gasteiger partial charge on any atom is 0.573 e. The molecular weight excluding hydrogens is 543 g/mol. The summed E-state index contributed by atoms with van der Waals surface area (Å²) >= 11 is 0. The number of nitrogen functional groups attached to an aromatic ring is 1. The van der Waals surface area contributed by atoms with Crippen molar-refractivity contribution in [2.75, 3.05) is 18.2 Å². The van der Waals surface area contributed by atoms with E-state index in [1.165, 1.54) is 36.3 Å². The number of aromatic nitrogens is 4. The van der Waals surface area contributed by atoms with Gasteiger partial charge >= 0.3 is 6.36 Å². The number of carbonyl (C=O) groups excluding carboxylic acids is 2. The van der Waals surface area contributed by atoms with Crippen LogP contribution < -0.4 is 20.5 Å². The highest BCUT2D eigenvalue weighted by molar-refractivity contribution is 6.11. The smallest absolute Gasteiger partial charge is 0.495 e. The Morgan fingerprint density at radius 1 is 1.22 bits per heavy atom. The number of methoxy groups -OCH3 is 1. The zero-order valence-corrected chi connectivity index (χ0v) is 21.9. The summed E-state index contributed by atoms with van der Waals surface area (Å²) in [5.74, 6) is -1.07. The zero-order valence-electron chi connectivity index (χ0n) is 21.9. The van der Waals surface area contributed by atoms with Crippen molar-refractivity contribution in [1.82, 2.24) is 24.5 Å². The summed E-state index contributed by atoms with van der Waals surface area (Å²) in [6.45, 7) is 2.05. The van der Waals surface area contributed by atoms with Crippen molar-refractivity contribution in [3.63, 3.8) is 0 Å². The molecule has 212 valence electrons. The summed E-state index contributed by atoms with van der Waals surface area (Å²) in [5, 5.41) is 6.81. The van der Waals surface area contributed by atoms with Crippen molar-refractivity contribution in [3.8, 4) is 22.8 Å². The van der Waals surface area contributed by atoms with E-state index in [1.807, 2.05) is 6.92 Å². The van der Waals surface area contributed by atoms with Gasteiger partial charge in [0.05, 0.1) is 36.4 Å². The molecule has 41 heavy (non-hydrogen) atoms. The first-order valence-corrected chi connectivity index (χ1v) is 12.7. The number of nitrogens with zero attached hydrogens (tertiary/aromatic N) is 5. The fraction of sp³-hybridized carbons (Fsp3) is 0.296. The van der Waals surface area contributed by atoms with Crippen molar-refractivity contribution >= 4 is 29.0 Å². The third-order valence-corrected chi connectivity index (χ3v) is 7.26. The van der Waals surface area contributed by atoms with Crippen LogP contribution in [0, 0.1) is 5.92 Å². The Morgan fingerprint density at radius 3 is 2.71 bits per heavy atom. The van der Waals surface area contributed by atoms with Crippen LogP contribution in [-0.2, 0) is 6.54 Å². The molecule has 1 aliphatic carbocycles. The van der Waals surface area contributed by atoms with Crippen molar-refractivity contribution in [3.05, 3.63) is 59.5 Å². The average molecular weight is 568 g/mol. The molecule has 4 heterocycles. The van der Waals surface area contributed by atoms with Crippen molar-refractivity contribution in [2.24, 2.45) is 5.92 Å². The second-order valence-electron chi connectivity index (χ2n) is 9.98. The summed E-state index contributed by atoms with van der Waals surface area (Å²) in [4.78, 5) is 36.5. The molecule has 0 bridgehead atoms. The van der Waals surface area contributed by atoms with Gasteiger partial charge in [-0.25, -0.2) is 9.50 Å². The number of halogens is 3. The number of pyridine rings is 1. The van der Waals surface area contributed by atoms with Crippen LogP contribution in [-0.4, -0.2) is 55.8 Å². The topological polar surface area (TPSA) is 137 Å². The molecular formula is C27H24F3N7O4. The second kappa shape index (κ2) is 9.64. The van der Waals surface area contributed by atoms with Crippen molar-refractivity contribution in [1.29, 1.82) is 0 Å². The number of amides is 2. The average Bonchev–Trinajstić information content (AvgIpc) is 3.64. The van der Waals surface area contributed by atoms with Gasteiger partial charge in [0.15, 0.2) is 11.5 Å². The molecule has 3 N–H and O–H groups in total. The molecule has 1 unspecified atom stereocenters. The number of fused-ring (bicyclic) bond motifs is 2. The minimum atomic E-state index is -5.01. The number of carbonyl (C=O) groups is 2. The largest absolute Gasteiger partial charge is 0.573 e. The highest BCUT2D eigenvalue weighted by atomic mass is 19.4. The van der Waals surface area contributed by atoms with Crippen LogP contribution >= 0.6 is 0 Å². The summed E-state index contributed by atoms with van der Waals surface area (Å²) in [5.41, 5.74) is 7.21. The quantitative estimate of drug-likeness (QED) is 0.338. The maximum absolute atomic E-state index is 13.4. The SMILES string of the molecule is COc1cncc(NC(=O)c2c(N)nn3ccc(-c4cc5c(c(OC(F)(F)F)c4)C(=O)N(C(C)C4CC4)C5)nc23)c1. The van der Waals surface area contributed by atoms with E-state index >= 15 is 0 Å². The number of hydrogen-bond donors (Lipinski definition) is 2. The Bertz CT molecular complexity index is 1700. The molecule has 1 fully saturated rings. The predicted octanol–water partition coefficient (Wildman–Crippen LogP) is 4.29. The minimum Gasteiger partial charge on any atom is -0.495 e. The van der Waals surface area contributed by atoms with Crippen molar-refractivity contribution < 1.29 is 32.2 Å². The number of ether oxygens (including phenoxy) is 2. The Kier molecular flexibility index (Phi) is 6.20. The predicted molar refractivity (Wildman–Crippen MR) is 140 cm³/mol. The van der Waals surface area contributed by atoms with E-state index < -0.39 is 23.9 Å². The standard InChI is InChI=1S/C27H24F3N7O4/c1-13(14-3-4-14)36-12-16-7-15(8-20(21(16)26(36)39)41-27(28,29)30)19-5-6-37-24(34-19)22(23(31)35-37)25(38)33-17-9-18(40-2)11-32-10-17/h5-11,13-14H,3-4,12H2,1-2H3,(H2,31,35)(H,33,38). The van der Waals surface area contributed by atoms with Crippen LogP contribution in [0.5, 0.6) is 11.5 Å². The van der Waals surface area contributed by atoms with E-state index in [-0.39, 0.29) is 46.4 Å². The van der Waals surface area contributed by atoms with E-state index in [2.05, 4.69) is 25.1 Å². The Morgan fingerprint density at radius 2 is 2.00 bits per heavy atom. The highest BCUT2D eigenvalue weighted by Crippen LogP contribution is 2.42. The van der Waals surface area contributed by atoms with Gasteiger partial charge in [0.25, 0.3) is 11.8 Å². The van der Waals surface area contributed by atoms with Crippen LogP contribution in [0.25, 0.3) is 16.9 Å². The molecule has 2 amide bonds. The monoisotopic (exact) mass is 567 g/mol. The van der Waals surface area contributed by atoms with Crippen LogP contribution in [0.3, 0.4) is 0 Å². The third kappa shape index (κ3) is 4.96. The lowest BCUT2D eigenvalue weighted by Crippen LogP contribution is -2.34.